The summed E-state index contributed by atoms with van der Waals surface area (Å²) >= 11 is 7.70. The lowest BCUT2D eigenvalue weighted by Gasteiger charge is -2.12. The van der Waals surface area contributed by atoms with Gasteiger partial charge in [-0.05, 0) is 78.2 Å². The summed E-state index contributed by atoms with van der Waals surface area (Å²) in [7, 11) is 0. The van der Waals surface area contributed by atoms with Crippen LogP contribution in [0.3, 0.4) is 0 Å². The highest BCUT2D eigenvalue weighted by Gasteiger charge is 2.08. The van der Waals surface area contributed by atoms with Gasteiger partial charge in [-0.1, -0.05) is 54.1 Å². The minimum absolute atomic E-state index is 0.272. The van der Waals surface area contributed by atoms with Crippen molar-refractivity contribution in [2.75, 3.05) is 6.61 Å². The first-order valence-corrected chi connectivity index (χ1v) is 13.2. The van der Waals surface area contributed by atoms with E-state index < -0.39 is 0 Å². The summed E-state index contributed by atoms with van der Waals surface area (Å²) in [5, 5.41) is 4.80. The molecule has 0 atom stereocenters. The van der Waals surface area contributed by atoms with Crippen LogP contribution in [0, 0.1) is 0 Å². The topological polar surface area (TPSA) is 59.9 Å². The third kappa shape index (κ3) is 8.13. The predicted molar refractivity (Wildman–Crippen MR) is 151 cm³/mol. The van der Waals surface area contributed by atoms with Crippen LogP contribution < -0.4 is 14.9 Å². The van der Waals surface area contributed by atoms with Gasteiger partial charge >= 0.3 is 0 Å². The van der Waals surface area contributed by atoms with E-state index in [0.29, 0.717) is 35.3 Å². The molecule has 0 aliphatic rings. The molecule has 0 aromatic heterocycles. The summed E-state index contributed by atoms with van der Waals surface area (Å²) in [5.41, 5.74) is 6.06. The molecule has 1 amide bonds. The van der Waals surface area contributed by atoms with Gasteiger partial charge in [0.15, 0.2) is 11.5 Å². The Labute approximate surface area is 226 Å². The molecular weight excluding hydrogens is 504 g/mol. The Kier molecular flexibility index (Phi) is 9.63. The zero-order chi connectivity index (χ0) is 25.9. The number of benzene rings is 4. The van der Waals surface area contributed by atoms with Crippen molar-refractivity contribution in [1.29, 1.82) is 0 Å². The van der Waals surface area contributed by atoms with Crippen LogP contribution in [0.1, 0.15) is 34.0 Å². The zero-order valence-electron chi connectivity index (χ0n) is 20.4. The largest absolute Gasteiger partial charge is 0.490 e. The number of thioether (sulfide) groups is 1. The Balaban J connectivity index is 1.31. The molecule has 7 heteroatoms. The second kappa shape index (κ2) is 13.5. The second-order valence-corrected chi connectivity index (χ2v) is 9.54. The SMILES string of the molecule is CCOc1cc(/C=N/NC(=O)c2ccc(CSc3ccccc3)cc2)ccc1OCc1ccc(Cl)cc1. The van der Waals surface area contributed by atoms with Crippen LogP contribution in [0.15, 0.2) is 107 Å². The molecule has 4 aromatic rings. The molecule has 37 heavy (non-hydrogen) atoms. The molecule has 1 N–H and O–H groups in total. The fourth-order valence-corrected chi connectivity index (χ4v) is 4.40. The molecule has 5 nitrogen and oxygen atoms in total. The van der Waals surface area contributed by atoms with E-state index in [4.69, 9.17) is 21.1 Å². The number of carbonyl (C=O) groups excluding carboxylic acids is 1. The quantitative estimate of drug-likeness (QED) is 0.125. The third-order valence-electron chi connectivity index (χ3n) is 5.32. The summed E-state index contributed by atoms with van der Waals surface area (Å²) in [6.07, 6.45) is 1.58. The molecule has 0 heterocycles. The van der Waals surface area contributed by atoms with Gasteiger partial charge in [-0.15, -0.1) is 11.8 Å². The van der Waals surface area contributed by atoms with E-state index in [9.17, 15) is 4.79 Å². The molecule has 0 spiro atoms. The normalized spacial score (nSPS) is 10.9. The van der Waals surface area contributed by atoms with Crippen molar-refractivity contribution in [3.05, 3.63) is 124 Å². The zero-order valence-corrected chi connectivity index (χ0v) is 22.0. The molecule has 0 bridgehead atoms. The Morgan fingerprint density at radius 2 is 1.62 bits per heavy atom. The minimum atomic E-state index is -0.272. The second-order valence-electron chi connectivity index (χ2n) is 8.05. The lowest BCUT2D eigenvalue weighted by molar-refractivity contribution is 0.0955. The first kappa shape index (κ1) is 26.3. The minimum Gasteiger partial charge on any atom is -0.490 e. The molecular formula is C30H27ClN2O3S. The van der Waals surface area contributed by atoms with E-state index >= 15 is 0 Å². The fourth-order valence-electron chi connectivity index (χ4n) is 3.40. The van der Waals surface area contributed by atoms with E-state index in [0.717, 1.165) is 22.4 Å². The average Bonchev–Trinajstić information content (AvgIpc) is 2.93. The van der Waals surface area contributed by atoms with E-state index in [2.05, 4.69) is 22.7 Å². The first-order chi connectivity index (χ1) is 18.1. The van der Waals surface area contributed by atoms with E-state index in [-0.39, 0.29) is 5.91 Å². The number of rotatable bonds is 11. The number of halogens is 1. The van der Waals surface area contributed by atoms with Gasteiger partial charge in [-0.25, -0.2) is 5.43 Å². The number of hydrogen-bond acceptors (Lipinski definition) is 5. The number of carbonyl (C=O) groups is 1. The van der Waals surface area contributed by atoms with Gasteiger partial charge in [0.2, 0.25) is 0 Å². The molecule has 0 fully saturated rings. The Hall–Kier alpha value is -3.74. The van der Waals surface area contributed by atoms with Gasteiger partial charge in [-0.3, -0.25) is 4.79 Å². The molecule has 0 unspecified atom stereocenters. The smallest absolute Gasteiger partial charge is 0.271 e. The summed E-state index contributed by atoms with van der Waals surface area (Å²) in [5.74, 6) is 1.80. The van der Waals surface area contributed by atoms with Crippen LogP contribution in [0.5, 0.6) is 11.5 Å². The Morgan fingerprint density at radius 1 is 0.892 bits per heavy atom. The van der Waals surface area contributed by atoms with E-state index in [1.165, 1.54) is 4.90 Å². The van der Waals surface area contributed by atoms with Gasteiger partial charge in [-0.2, -0.15) is 5.10 Å². The van der Waals surface area contributed by atoms with E-state index in [1.807, 2.05) is 91.9 Å². The van der Waals surface area contributed by atoms with Crippen molar-refractivity contribution < 1.29 is 14.3 Å². The van der Waals surface area contributed by atoms with Crippen molar-refractivity contribution in [3.63, 3.8) is 0 Å². The molecule has 188 valence electrons. The highest BCUT2D eigenvalue weighted by atomic mass is 35.5. The highest BCUT2D eigenvalue weighted by Crippen LogP contribution is 2.29. The molecule has 0 saturated heterocycles. The van der Waals surface area contributed by atoms with Gasteiger partial charge in [0, 0.05) is 21.2 Å². The monoisotopic (exact) mass is 530 g/mol. The van der Waals surface area contributed by atoms with Crippen LogP contribution in [0.2, 0.25) is 5.02 Å². The van der Waals surface area contributed by atoms with Crippen molar-refractivity contribution in [2.24, 2.45) is 5.10 Å². The number of nitrogens with one attached hydrogen (secondary N) is 1. The van der Waals surface area contributed by atoms with Crippen molar-refractivity contribution >= 4 is 35.5 Å². The van der Waals surface area contributed by atoms with Crippen molar-refractivity contribution in [3.8, 4) is 11.5 Å². The molecule has 4 aromatic carbocycles. The molecule has 0 saturated carbocycles. The molecule has 0 aliphatic heterocycles. The Bertz CT molecular complexity index is 1330. The summed E-state index contributed by atoms with van der Waals surface area (Å²) in [6.45, 7) is 2.80. The standard InChI is InChI=1S/C30H27ClN2O3S/c1-2-35-29-18-24(12-17-28(29)36-20-22-10-15-26(31)16-11-22)19-32-33-30(34)25-13-8-23(9-14-25)21-37-27-6-4-3-5-7-27/h3-19H,2,20-21H2,1H3,(H,33,34)/b32-19+. The number of amides is 1. The van der Waals surface area contributed by atoms with Crippen LogP contribution in [0.25, 0.3) is 0 Å². The average molecular weight is 531 g/mol. The van der Waals surface area contributed by atoms with Gasteiger partial charge in [0.1, 0.15) is 6.61 Å². The lowest BCUT2D eigenvalue weighted by atomic mass is 10.1. The first-order valence-electron chi connectivity index (χ1n) is 11.8. The third-order valence-corrected chi connectivity index (χ3v) is 6.65. The van der Waals surface area contributed by atoms with E-state index in [1.54, 1.807) is 18.0 Å². The van der Waals surface area contributed by atoms with Crippen LogP contribution in [-0.2, 0) is 12.4 Å². The maximum Gasteiger partial charge on any atom is 0.271 e. The van der Waals surface area contributed by atoms with Gasteiger partial charge < -0.3 is 9.47 Å². The van der Waals surface area contributed by atoms with Gasteiger partial charge in [0.05, 0.1) is 12.8 Å². The molecule has 0 aliphatic carbocycles. The fraction of sp³-hybridized carbons (Fsp3) is 0.133. The Morgan fingerprint density at radius 3 is 2.35 bits per heavy atom. The van der Waals surface area contributed by atoms with Crippen LogP contribution in [0.4, 0.5) is 0 Å². The van der Waals surface area contributed by atoms with Crippen LogP contribution >= 0.6 is 23.4 Å². The summed E-state index contributed by atoms with van der Waals surface area (Å²) in [6, 6.07) is 30.8. The van der Waals surface area contributed by atoms with Crippen molar-refractivity contribution in [1.82, 2.24) is 5.43 Å². The highest BCUT2D eigenvalue weighted by molar-refractivity contribution is 7.98. The maximum atomic E-state index is 12.5. The summed E-state index contributed by atoms with van der Waals surface area (Å²) in [4.78, 5) is 13.7. The lowest BCUT2D eigenvalue weighted by Crippen LogP contribution is -2.17. The molecule has 4 rings (SSSR count). The number of ether oxygens (including phenoxy) is 2. The summed E-state index contributed by atoms with van der Waals surface area (Å²) < 4.78 is 11.7. The van der Waals surface area contributed by atoms with Gasteiger partial charge in [0.25, 0.3) is 5.91 Å². The van der Waals surface area contributed by atoms with Crippen molar-refractivity contribution in [2.45, 2.75) is 24.2 Å². The maximum absolute atomic E-state index is 12.5. The molecule has 0 radical (unpaired) electrons. The number of hydrogen-bond donors (Lipinski definition) is 1. The number of hydrazone groups is 1. The predicted octanol–water partition coefficient (Wildman–Crippen LogP) is 7.37. The van der Waals surface area contributed by atoms with Crippen LogP contribution in [-0.4, -0.2) is 18.7 Å². The number of nitrogens with zero attached hydrogens (tertiary/aromatic N) is 1.